The number of hydrogen-bond acceptors (Lipinski definition) is 2. The van der Waals surface area contributed by atoms with E-state index in [1.165, 1.54) is 12.8 Å². The van der Waals surface area contributed by atoms with Gasteiger partial charge in [-0.3, -0.25) is 0 Å². The number of hydrogen-bond donors (Lipinski definition) is 1. The van der Waals surface area contributed by atoms with Crippen molar-refractivity contribution < 1.29 is 0 Å². The first-order valence-corrected chi connectivity index (χ1v) is 5.39. The van der Waals surface area contributed by atoms with Gasteiger partial charge in [0, 0.05) is 6.04 Å². The molecule has 2 nitrogen and oxygen atoms in total. The summed E-state index contributed by atoms with van der Waals surface area (Å²) >= 11 is 0. The third kappa shape index (κ3) is 9.90. The van der Waals surface area contributed by atoms with Gasteiger partial charge in [-0.2, -0.15) is 0 Å². The Hall–Kier alpha value is -0.0151. The van der Waals surface area contributed by atoms with Crippen LogP contribution in [0.4, 0.5) is 0 Å². The average Bonchev–Trinajstić information content (AvgIpc) is 2.08. The summed E-state index contributed by atoms with van der Waals surface area (Å²) < 4.78 is 0. The third-order valence-corrected chi connectivity index (χ3v) is 1.97. The summed E-state index contributed by atoms with van der Waals surface area (Å²) in [4.78, 5) is 1.92. The molecule has 0 amide bonds. The van der Waals surface area contributed by atoms with E-state index in [0.717, 1.165) is 26.1 Å². The highest BCUT2D eigenvalue weighted by atomic mass is 15.0. The van der Waals surface area contributed by atoms with Crippen molar-refractivity contribution in [1.29, 1.82) is 0 Å². The molecular weight excluding hydrogens is 159 g/mol. The number of nitrogens with one attached hydrogen (secondary N) is 1. The average molecular weight is 182 g/mol. The van der Waals surface area contributed by atoms with E-state index in [2.05, 4.69) is 26.1 Å². The molecular formula is C10H23BN2. The Kier molecular flexibility index (Phi) is 8.57. The van der Waals surface area contributed by atoms with Crippen LogP contribution in [0, 0.1) is 0 Å². The first-order chi connectivity index (χ1) is 6.16. The van der Waals surface area contributed by atoms with Gasteiger partial charge in [-0.25, -0.2) is 0 Å². The van der Waals surface area contributed by atoms with E-state index in [0.29, 0.717) is 6.04 Å². The van der Waals surface area contributed by atoms with Crippen molar-refractivity contribution in [3.63, 3.8) is 0 Å². The van der Waals surface area contributed by atoms with E-state index >= 15 is 0 Å². The molecule has 0 heterocycles. The van der Waals surface area contributed by atoms with E-state index < -0.39 is 0 Å². The topological polar surface area (TPSA) is 15.3 Å². The molecule has 0 unspecified atom stereocenters. The second-order valence-electron chi connectivity index (χ2n) is 3.85. The van der Waals surface area contributed by atoms with Gasteiger partial charge in [-0.05, 0) is 32.5 Å². The lowest BCUT2D eigenvalue weighted by Crippen LogP contribution is -2.29. The lowest BCUT2D eigenvalue weighted by molar-refractivity contribution is 0.419. The van der Waals surface area contributed by atoms with Gasteiger partial charge in [0.05, 0.1) is 0 Å². The molecule has 1 N–H and O–H groups in total. The summed E-state index contributed by atoms with van der Waals surface area (Å²) in [5.74, 6) is 0. The lowest BCUT2D eigenvalue weighted by Gasteiger charge is -2.17. The van der Waals surface area contributed by atoms with Crippen LogP contribution in [0.15, 0.2) is 0 Å². The molecule has 0 aliphatic carbocycles. The molecule has 0 aromatic carbocycles. The molecule has 3 heteroatoms. The minimum Gasteiger partial charge on any atom is -0.353 e. The van der Waals surface area contributed by atoms with Crippen LogP contribution in [0.3, 0.4) is 0 Å². The maximum absolute atomic E-state index is 5.78. The van der Waals surface area contributed by atoms with Crippen molar-refractivity contribution in [1.82, 2.24) is 10.1 Å². The fourth-order valence-corrected chi connectivity index (χ4v) is 1.15. The summed E-state index contributed by atoms with van der Waals surface area (Å²) in [5.41, 5.74) is 0. The van der Waals surface area contributed by atoms with Gasteiger partial charge >= 0.3 is 0 Å². The quantitative estimate of drug-likeness (QED) is 0.452. The van der Waals surface area contributed by atoms with Crippen LogP contribution in [-0.4, -0.2) is 38.5 Å². The molecule has 0 aromatic heterocycles. The van der Waals surface area contributed by atoms with Gasteiger partial charge < -0.3 is 10.1 Å². The predicted octanol–water partition coefficient (Wildman–Crippen LogP) is 1.56. The minimum absolute atomic E-state index is 0.585. The monoisotopic (exact) mass is 182 g/mol. The molecule has 0 spiro atoms. The van der Waals surface area contributed by atoms with Crippen LogP contribution in [0.1, 0.15) is 40.0 Å². The van der Waals surface area contributed by atoms with Crippen LogP contribution in [0.5, 0.6) is 0 Å². The van der Waals surface area contributed by atoms with Gasteiger partial charge in [0.1, 0.15) is 0 Å². The smallest absolute Gasteiger partial charge is 0.182 e. The molecule has 0 aromatic rings. The molecule has 76 valence electrons. The molecule has 0 bridgehead atoms. The SMILES string of the molecule is [B]N(CCCC)CCCNC(C)C. The first kappa shape index (κ1) is 13.0. The molecule has 0 aliphatic rings. The zero-order valence-electron chi connectivity index (χ0n) is 9.34. The van der Waals surface area contributed by atoms with Crippen LogP contribution >= 0.6 is 0 Å². The summed E-state index contributed by atoms with van der Waals surface area (Å²) in [6.45, 7) is 9.61. The summed E-state index contributed by atoms with van der Waals surface area (Å²) in [6, 6.07) is 0.585. The molecule has 2 radical (unpaired) electrons. The zero-order valence-corrected chi connectivity index (χ0v) is 9.34. The summed E-state index contributed by atoms with van der Waals surface area (Å²) in [5, 5.41) is 3.37. The molecule has 13 heavy (non-hydrogen) atoms. The highest BCUT2D eigenvalue weighted by molar-refractivity contribution is 6.04. The van der Waals surface area contributed by atoms with Crippen molar-refractivity contribution in [2.24, 2.45) is 0 Å². The Morgan fingerprint density at radius 2 is 1.85 bits per heavy atom. The van der Waals surface area contributed by atoms with Gasteiger partial charge in [-0.1, -0.05) is 27.2 Å². The van der Waals surface area contributed by atoms with E-state index in [1.54, 1.807) is 0 Å². The van der Waals surface area contributed by atoms with Crippen molar-refractivity contribution in [3.8, 4) is 0 Å². The van der Waals surface area contributed by atoms with Crippen molar-refractivity contribution in [3.05, 3.63) is 0 Å². The third-order valence-electron chi connectivity index (χ3n) is 1.97. The Bertz CT molecular complexity index is 107. The fraction of sp³-hybridized carbons (Fsp3) is 1.00. The number of rotatable bonds is 8. The predicted molar refractivity (Wildman–Crippen MR) is 60.0 cm³/mol. The molecule has 0 rings (SSSR count). The van der Waals surface area contributed by atoms with Gasteiger partial charge in [-0.15, -0.1) is 0 Å². The Balaban J connectivity index is 3.12. The van der Waals surface area contributed by atoms with Crippen LogP contribution in [0.25, 0.3) is 0 Å². The van der Waals surface area contributed by atoms with E-state index in [4.69, 9.17) is 7.98 Å². The number of unbranched alkanes of at least 4 members (excludes halogenated alkanes) is 1. The molecule has 0 saturated heterocycles. The highest BCUT2D eigenvalue weighted by Gasteiger charge is 1.97. The van der Waals surface area contributed by atoms with Crippen molar-refractivity contribution in [2.75, 3.05) is 19.6 Å². The minimum atomic E-state index is 0.585. The van der Waals surface area contributed by atoms with Crippen molar-refractivity contribution in [2.45, 2.75) is 46.1 Å². The van der Waals surface area contributed by atoms with Gasteiger partial charge in [0.25, 0.3) is 0 Å². The normalized spacial score (nSPS) is 11.5. The maximum Gasteiger partial charge on any atom is 0.182 e. The summed E-state index contributed by atoms with van der Waals surface area (Å²) in [7, 11) is 5.78. The Morgan fingerprint density at radius 3 is 2.38 bits per heavy atom. The van der Waals surface area contributed by atoms with E-state index in [9.17, 15) is 0 Å². The number of nitrogens with zero attached hydrogens (tertiary/aromatic N) is 1. The first-order valence-electron chi connectivity index (χ1n) is 5.39. The van der Waals surface area contributed by atoms with E-state index in [1.807, 2.05) is 4.81 Å². The van der Waals surface area contributed by atoms with Crippen LogP contribution in [-0.2, 0) is 0 Å². The van der Waals surface area contributed by atoms with Gasteiger partial charge in [0.15, 0.2) is 7.98 Å². The second-order valence-corrected chi connectivity index (χ2v) is 3.85. The van der Waals surface area contributed by atoms with Crippen LogP contribution < -0.4 is 5.32 Å². The Labute approximate surface area is 84.5 Å². The highest BCUT2D eigenvalue weighted by Crippen LogP contribution is 1.92. The molecule has 0 atom stereocenters. The second kappa shape index (κ2) is 8.58. The maximum atomic E-state index is 5.78. The van der Waals surface area contributed by atoms with Crippen LogP contribution in [0.2, 0.25) is 0 Å². The fourth-order valence-electron chi connectivity index (χ4n) is 1.15. The standard InChI is InChI=1S/C10H23BN2/c1-4-5-8-13(11)9-6-7-12-10(2)3/h10,12H,4-9H2,1-3H3. The molecule has 0 fully saturated rings. The summed E-state index contributed by atoms with van der Waals surface area (Å²) in [6.07, 6.45) is 3.56. The van der Waals surface area contributed by atoms with Gasteiger partial charge in [0.2, 0.25) is 0 Å². The Morgan fingerprint density at radius 1 is 1.23 bits per heavy atom. The lowest BCUT2D eigenvalue weighted by atomic mass is 10.2. The zero-order chi connectivity index (χ0) is 10.1. The molecule has 0 saturated carbocycles. The largest absolute Gasteiger partial charge is 0.353 e. The van der Waals surface area contributed by atoms with E-state index in [-0.39, 0.29) is 0 Å². The van der Waals surface area contributed by atoms with Crippen molar-refractivity contribution >= 4 is 7.98 Å². The molecule has 0 aliphatic heterocycles.